The lowest BCUT2D eigenvalue weighted by Crippen LogP contribution is -2.34. The second kappa shape index (κ2) is 6.13. The lowest BCUT2D eigenvalue weighted by atomic mass is 10.1. The molecule has 0 atom stereocenters. The Morgan fingerprint density at radius 1 is 1.36 bits per heavy atom. The van der Waals surface area contributed by atoms with Gasteiger partial charge in [-0.05, 0) is 32.3 Å². The molecule has 0 unspecified atom stereocenters. The van der Waals surface area contributed by atoms with Crippen LogP contribution in [0.15, 0.2) is 12.4 Å². The van der Waals surface area contributed by atoms with Crippen molar-refractivity contribution in [2.75, 3.05) is 18.4 Å². The predicted molar refractivity (Wildman–Crippen MR) is 82.9 cm³/mol. The number of anilines is 1. The van der Waals surface area contributed by atoms with Crippen molar-refractivity contribution < 1.29 is 4.79 Å². The van der Waals surface area contributed by atoms with E-state index >= 15 is 0 Å². The standard InChI is InChI=1S/C15H20N6O/c1-10-8-18-21(9-10)7-3-5-16-14-12-4-6-17-15(22)13(12)19-11(2)20-14/h8-9H,3-7H2,1-2H3,(H,17,22)(H,16,19,20). The molecule has 2 aromatic rings. The number of hydrogen-bond donors (Lipinski definition) is 2. The Morgan fingerprint density at radius 2 is 2.23 bits per heavy atom. The fourth-order valence-corrected chi connectivity index (χ4v) is 2.59. The first kappa shape index (κ1) is 14.5. The van der Waals surface area contributed by atoms with Crippen LogP contribution in [0.4, 0.5) is 5.82 Å². The van der Waals surface area contributed by atoms with Crippen LogP contribution in [0, 0.1) is 13.8 Å². The van der Waals surface area contributed by atoms with Gasteiger partial charge in [0, 0.05) is 31.4 Å². The zero-order valence-corrected chi connectivity index (χ0v) is 12.9. The summed E-state index contributed by atoms with van der Waals surface area (Å²) in [5.41, 5.74) is 2.59. The van der Waals surface area contributed by atoms with E-state index in [2.05, 4.69) is 25.7 Å². The van der Waals surface area contributed by atoms with Gasteiger partial charge in [-0.1, -0.05) is 0 Å². The molecule has 0 radical (unpaired) electrons. The van der Waals surface area contributed by atoms with Crippen molar-refractivity contribution in [2.24, 2.45) is 0 Å². The number of fused-ring (bicyclic) bond motifs is 1. The molecular formula is C15H20N6O. The number of nitrogens with one attached hydrogen (secondary N) is 2. The van der Waals surface area contributed by atoms with E-state index in [1.54, 1.807) is 6.92 Å². The summed E-state index contributed by atoms with van der Waals surface area (Å²) in [7, 11) is 0. The van der Waals surface area contributed by atoms with E-state index in [0.717, 1.165) is 37.3 Å². The van der Waals surface area contributed by atoms with Gasteiger partial charge in [-0.3, -0.25) is 9.48 Å². The van der Waals surface area contributed by atoms with E-state index < -0.39 is 0 Å². The SMILES string of the molecule is Cc1cnn(CCCNc2nc(C)nc3c2CCNC3=O)c1. The number of carbonyl (C=O) groups excluding carboxylic acids is 1. The normalized spacial score (nSPS) is 13.6. The molecule has 7 nitrogen and oxygen atoms in total. The average molecular weight is 300 g/mol. The largest absolute Gasteiger partial charge is 0.370 e. The molecule has 3 rings (SSSR count). The maximum absolute atomic E-state index is 11.9. The molecule has 0 spiro atoms. The second-order valence-corrected chi connectivity index (χ2v) is 5.51. The molecule has 0 saturated heterocycles. The van der Waals surface area contributed by atoms with Gasteiger partial charge < -0.3 is 10.6 Å². The summed E-state index contributed by atoms with van der Waals surface area (Å²) in [6.45, 7) is 6.11. The first-order chi connectivity index (χ1) is 10.6. The molecule has 116 valence electrons. The highest BCUT2D eigenvalue weighted by atomic mass is 16.1. The Hall–Kier alpha value is -2.44. The molecule has 1 amide bonds. The molecule has 1 aliphatic heterocycles. The average Bonchev–Trinajstić information content (AvgIpc) is 2.90. The fourth-order valence-electron chi connectivity index (χ4n) is 2.59. The van der Waals surface area contributed by atoms with Crippen LogP contribution in [0.3, 0.4) is 0 Å². The minimum atomic E-state index is -0.109. The van der Waals surface area contributed by atoms with E-state index in [9.17, 15) is 4.79 Å². The summed E-state index contributed by atoms with van der Waals surface area (Å²) in [5, 5.41) is 10.4. The zero-order chi connectivity index (χ0) is 15.5. The van der Waals surface area contributed by atoms with Gasteiger partial charge >= 0.3 is 0 Å². The third-order valence-electron chi connectivity index (χ3n) is 3.61. The molecule has 2 aromatic heterocycles. The van der Waals surface area contributed by atoms with Crippen LogP contribution in [-0.4, -0.2) is 38.7 Å². The first-order valence-electron chi connectivity index (χ1n) is 7.52. The van der Waals surface area contributed by atoms with Crippen LogP contribution in [0.25, 0.3) is 0 Å². The van der Waals surface area contributed by atoms with E-state index in [1.807, 2.05) is 24.0 Å². The number of amides is 1. The summed E-state index contributed by atoms with van der Waals surface area (Å²) in [4.78, 5) is 20.6. The van der Waals surface area contributed by atoms with Crippen molar-refractivity contribution in [1.82, 2.24) is 25.1 Å². The zero-order valence-electron chi connectivity index (χ0n) is 12.9. The molecule has 0 aromatic carbocycles. The highest BCUT2D eigenvalue weighted by Crippen LogP contribution is 2.20. The molecule has 0 saturated carbocycles. The van der Waals surface area contributed by atoms with Crippen molar-refractivity contribution in [3.8, 4) is 0 Å². The van der Waals surface area contributed by atoms with Gasteiger partial charge in [0.25, 0.3) is 5.91 Å². The number of carbonyl (C=O) groups is 1. The van der Waals surface area contributed by atoms with E-state index in [1.165, 1.54) is 5.56 Å². The fraction of sp³-hybridized carbons (Fsp3) is 0.467. The summed E-state index contributed by atoms with van der Waals surface area (Å²) >= 11 is 0. The predicted octanol–water partition coefficient (Wildman–Crippen LogP) is 1.08. The van der Waals surface area contributed by atoms with E-state index in [0.29, 0.717) is 18.1 Å². The number of rotatable bonds is 5. The van der Waals surface area contributed by atoms with Crippen LogP contribution in [-0.2, 0) is 13.0 Å². The number of aromatic nitrogens is 4. The summed E-state index contributed by atoms with van der Waals surface area (Å²) < 4.78 is 1.94. The van der Waals surface area contributed by atoms with E-state index in [-0.39, 0.29) is 5.91 Å². The van der Waals surface area contributed by atoms with Crippen molar-refractivity contribution in [1.29, 1.82) is 0 Å². The van der Waals surface area contributed by atoms with Crippen LogP contribution >= 0.6 is 0 Å². The Balaban J connectivity index is 1.64. The van der Waals surface area contributed by atoms with Crippen LogP contribution in [0.5, 0.6) is 0 Å². The molecule has 0 fully saturated rings. The quantitative estimate of drug-likeness (QED) is 0.807. The van der Waals surface area contributed by atoms with Crippen LogP contribution in [0.2, 0.25) is 0 Å². The van der Waals surface area contributed by atoms with E-state index in [4.69, 9.17) is 0 Å². The smallest absolute Gasteiger partial charge is 0.270 e. The molecule has 0 bridgehead atoms. The van der Waals surface area contributed by atoms with Gasteiger partial charge in [0.15, 0.2) is 0 Å². The van der Waals surface area contributed by atoms with Crippen molar-refractivity contribution in [3.63, 3.8) is 0 Å². The lowest BCUT2D eigenvalue weighted by Gasteiger charge is -2.19. The monoisotopic (exact) mass is 300 g/mol. The minimum absolute atomic E-state index is 0.109. The summed E-state index contributed by atoms with van der Waals surface area (Å²) in [6.07, 6.45) is 5.59. The number of nitrogens with zero attached hydrogens (tertiary/aromatic N) is 4. The molecule has 22 heavy (non-hydrogen) atoms. The third kappa shape index (κ3) is 3.08. The maximum atomic E-state index is 11.9. The molecule has 1 aliphatic rings. The van der Waals surface area contributed by atoms with Crippen LogP contribution in [0.1, 0.15) is 33.9 Å². The molecule has 2 N–H and O–H groups in total. The van der Waals surface area contributed by atoms with Crippen LogP contribution < -0.4 is 10.6 Å². The highest BCUT2D eigenvalue weighted by molar-refractivity contribution is 5.95. The topological polar surface area (TPSA) is 84.7 Å². The molecular weight excluding hydrogens is 280 g/mol. The van der Waals surface area contributed by atoms with Crippen molar-refractivity contribution in [3.05, 3.63) is 35.0 Å². The third-order valence-corrected chi connectivity index (χ3v) is 3.61. The Labute approximate surface area is 129 Å². The van der Waals surface area contributed by atoms with Crippen molar-refractivity contribution >= 4 is 11.7 Å². The molecule has 3 heterocycles. The Bertz CT molecular complexity index is 693. The maximum Gasteiger partial charge on any atom is 0.270 e. The number of aryl methyl sites for hydroxylation is 3. The summed E-state index contributed by atoms with van der Waals surface area (Å²) in [6, 6.07) is 0. The summed E-state index contributed by atoms with van der Waals surface area (Å²) in [5.74, 6) is 1.29. The van der Waals surface area contributed by atoms with Gasteiger partial charge in [-0.25, -0.2) is 9.97 Å². The number of hydrogen-bond acceptors (Lipinski definition) is 5. The van der Waals surface area contributed by atoms with Gasteiger partial charge in [0.05, 0.1) is 6.20 Å². The van der Waals surface area contributed by atoms with Crippen molar-refractivity contribution in [2.45, 2.75) is 33.2 Å². The second-order valence-electron chi connectivity index (χ2n) is 5.51. The van der Waals surface area contributed by atoms with Gasteiger partial charge in [0.2, 0.25) is 0 Å². The lowest BCUT2D eigenvalue weighted by molar-refractivity contribution is 0.0940. The minimum Gasteiger partial charge on any atom is -0.370 e. The first-order valence-corrected chi connectivity index (χ1v) is 7.52. The Kier molecular flexibility index (Phi) is 4.04. The Morgan fingerprint density at radius 3 is 3.00 bits per heavy atom. The highest BCUT2D eigenvalue weighted by Gasteiger charge is 2.22. The molecule has 7 heteroatoms. The van der Waals surface area contributed by atoms with Gasteiger partial charge in [-0.15, -0.1) is 0 Å². The molecule has 0 aliphatic carbocycles. The van der Waals surface area contributed by atoms with Gasteiger partial charge in [-0.2, -0.15) is 5.10 Å². The van der Waals surface area contributed by atoms with Gasteiger partial charge in [0.1, 0.15) is 17.3 Å².